The summed E-state index contributed by atoms with van der Waals surface area (Å²) in [5.41, 5.74) is 0.274. The van der Waals surface area contributed by atoms with Crippen LogP contribution in [0.3, 0.4) is 0 Å². The van der Waals surface area contributed by atoms with Crippen LogP contribution in [-0.4, -0.2) is 11.6 Å². The van der Waals surface area contributed by atoms with Gasteiger partial charge in [-0.15, -0.1) is 0 Å². The minimum absolute atomic E-state index is 0.274. The highest BCUT2D eigenvalue weighted by molar-refractivity contribution is 4.94. The smallest absolute Gasteiger partial charge is 0.0109 e. The van der Waals surface area contributed by atoms with Gasteiger partial charge in [-0.05, 0) is 40.0 Å². The van der Waals surface area contributed by atoms with Gasteiger partial charge in [0.15, 0.2) is 0 Å². The van der Waals surface area contributed by atoms with Crippen LogP contribution in [0.5, 0.6) is 0 Å². The van der Waals surface area contributed by atoms with E-state index in [1.54, 1.807) is 0 Å². The quantitative estimate of drug-likeness (QED) is 0.571. The van der Waals surface area contributed by atoms with Crippen LogP contribution >= 0.6 is 0 Å². The van der Waals surface area contributed by atoms with Gasteiger partial charge in [-0.2, -0.15) is 0 Å². The molecule has 0 aromatic heterocycles. The first kappa shape index (κ1) is 8.79. The van der Waals surface area contributed by atoms with Crippen LogP contribution in [-0.2, 0) is 0 Å². The minimum atomic E-state index is 0.274. The average Bonchev–Trinajstić information content (AvgIpc) is 1.85. The van der Waals surface area contributed by atoms with Gasteiger partial charge in [0.1, 0.15) is 0 Å². The molecule has 1 aliphatic rings. The SMILES string of the molecule is CC(C)(C)NC1CC=CCC1. The molecule has 64 valence electrons. The normalized spacial score (nSPS) is 25.5. The molecule has 1 heteroatoms. The molecule has 0 radical (unpaired) electrons. The van der Waals surface area contributed by atoms with Gasteiger partial charge >= 0.3 is 0 Å². The van der Waals surface area contributed by atoms with Gasteiger partial charge < -0.3 is 5.32 Å². The molecule has 0 saturated carbocycles. The lowest BCUT2D eigenvalue weighted by Crippen LogP contribution is -2.43. The number of rotatable bonds is 1. The summed E-state index contributed by atoms with van der Waals surface area (Å²) in [6.45, 7) is 6.68. The Balaban J connectivity index is 2.32. The van der Waals surface area contributed by atoms with Crippen LogP contribution in [0.1, 0.15) is 40.0 Å². The van der Waals surface area contributed by atoms with Crippen molar-refractivity contribution in [2.45, 2.75) is 51.6 Å². The van der Waals surface area contributed by atoms with Crippen molar-refractivity contribution in [2.24, 2.45) is 0 Å². The van der Waals surface area contributed by atoms with Crippen molar-refractivity contribution in [3.8, 4) is 0 Å². The van der Waals surface area contributed by atoms with E-state index < -0.39 is 0 Å². The molecule has 0 heterocycles. The molecule has 0 fully saturated rings. The highest BCUT2D eigenvalue weighted by atomic mass is 15.0. The van der Waals surface area contributed by atoms with Crippen LogP contribution in [0.4, 0.5) is 0 Å². The van der Waals surface area contributed by atoms with E-state index in [9.17, 15) is 0 Å². The van der Waals surface area contributed by atoms with E-state index in [1.807, 2.05) is 0 Å². The Morgan fingerprint density at radius 2 is 2.00 bits per heavy atom. The van der Waals surface area contributed by atoms with Crippen LogP contribution < -0.4 is 5.32 Å². The Kier molecular flexibility index (Phi) is 2.72. The molecule has 1 aliphatic carbocycles. The molecule has 0 bridgehead atoms. The molecule has 11 heavy (non-hydrogen) atoms. The lowest BCUT2D eigenvalue weighted by atomic mass is 9.98. The summed E-state index contributed by atoms with van der Waals surface area (Å²) in [5, 5.41) is 3.61. The Bertz CT molecular complexity index is 141. The molecular weight excluding hydrogens is 134 g/mol. The van der Waals surface area contributed by atoms with E-state index in [1.165, 1.54) is 19.3 Å². The van der Waals surface area contributed by atoms with Gasteiger partial charge in [0, 0.05) is 11.6 Å². The van der Waals surface area contributed by atoms with Crippen LogP contribution in [0.2, 0.25) is 0 Å². The van der Waals surface area contributed by atoms with Crippen LogP contribution in [0.25, 0.3) is 0 Å². The third-order valence-corrected chi connectivity index (χ3v) is 1.91. The summed E-state index contributed by atoms with van der Waals surface area (Å²) in [5.74, 6) is 0. The van der Waals surface area contributed by atoms with Gasteiger partial charge in [0.25, 0.3) is 0 Å². The van der Waals surface area contributed by atoms with Crippen LogP contribution in [0, 0.1) is 0 Å². The molecule has 0 saturated heterocycles. The fourth-order valence-corrected chi connectivity index (χ4v) is 1.54. The zero-order chi connectivity index (χ0) is 8.32. The molecule has 1 nitrogen and oxygen atoms in total. The number of allylic oxidation sites excluding steroid dienone is 1. The molecule has 0 aromatic carbocycles. The van der Waals surface area contributed by atoms with Crippen molar-refractivity contribution in [1.82, 2.24) is 5.32 Å². The molecule has 1 rings (SSSR count). The predicted molar refractivity (Wildman–Crippen MR) is 49.7 cm³/mol. The summed E-state index contributed by atoms with van der Waals surface area (Å²) in [6.07, 6.45) is 8.31. The van der Waals surface area contributed by atoms with Crippen molar-refractivity contribution in [1.29, 1.82) is 0 Å². The van der Waals surface area contributed by atoms with E-state index in [4.69, 9.17) is 0 Å². The first-order valence-corrected chi connectivity index (χ1v) is 4.51. The topological polar surface area (TPSA) is 12.0 Å². The molecule has 0 aromatic rings. The van der Waals surface area contributed by atoms with E-state index in [0.717, 1.165) is 0 Å². The van der Waals surface area contributed by atoms with E-state index in [0.29, 0.717) is 6.04 Å². The Morgan fingerprint density at radius 3 is 2.45 bits per heavy atom. The van der Waals surface area contributed by atoms with Gasteiger partial charge in [-0.25, -0.2) is 0 Å². The van der Waals surface area contributed by atoms with Gasteiger partial charge in [-0.1, -0.05) is 12.2 Å². The number of hydrogen-bond donors (Lipinski definition) is 1. The maximum Gasteiger partial charge on any atom is 0.0109 e. The Labute approximate surface area is 69.9 Å². The van der Waals surface area contributed by atoms with Gasteiger partial charge in [0.05, 0.1) is 0 Å². The zero-order valence-electron chi connectivity index (χ0n) is 7.85. The fourth-order valence-electron chi connectivity index (χ4n) is 1.54. The molecule has 1 unspecified atom stereocenters. The molecule has 1 atom stereocenters. The van der Waals surface area contributed by atoms with Gasteiger partial charge in [0.2, 0.25) is 0 Å². The van der Waals surface area contributed by atoms with Crippen molar-refractivity contribution in [3.05, 3.63) is 12.2 Å². The standard InChI is InChI=1S/C10H19N/c1-10(2,3)11-9-7-5-4-6-8-9/h4-5,9,11H,6-8H2,1-3H3. The van der Waals surface area contributed by atoms with Crippen molar-refractivity contribution >= 4 is 0 Å². The highest BCUT2D eigenvalue weighted by Crippen LogP contribution is 2.13. The lowest BCUT2D eigenvalue weighted by molar-refractivity contribution is 0.342. The highest BCUT2D eigenvalue weighted by Gasteiger charge is 2.16. The minimum Gasteiger partial charge on any atom is -0.309 e. The molecule has 0 spiro atoms. The van der Waals surface area contributed by atoms with E-state index in [2.05, 4.69) is 38.2 Å². The first-order chi connectivity index (χ1) is 5.08. The van der Waals surface area contributed by atoms with E-state index in [-0.39, 0.29) is 5.54 Å². The fraction of sp³-hybridized carbons (Fsp3) is 0.800. The molecular formula is C10H19N. The number of hydrogen-bond acceptors (Lipinski definition) is 1. The third kappa shape index (κ3) is 3.57. The van der Waals surface area contributed by atoms with E-state index >= 15 is 0 Å². The Morgan fingerprint density at radius 1 is 1.27 bits per heavy atom. The zero-order valence-corrected chi connectivity index (χ0v) is 7.85. The monoisotopic (exact) mass is 153 g/mol. The molecule has 1 N–H and O–H groups in total. The predicted octanol–water partition coefficient (Wildman–Crippen LogP) is 2.48. The Hall–Kier alpha value is -0.300. The summed E-state index contributed by atoms with van der Waals surface area (Å²) >= 11 is 0. The second-order valence-electron chi connectivity index (χ2n) is 4.38. The second-order valence-corrected chi connectivity index (χ2v) is 4.38. The molecule has 0 amide bonds. The van der Waals surface area contributed by atoms with Crippen molar-refractivity contribution in [2.75, 3.05) is 0 Å². The number of nitrogens with one attached hydrogen (secondary N) is 1. The van der Waals surface area contributed by atoms with Gasteiger partial charge in [-0.3, -0.25) is 0 Å². The first-order valence-electron chi connectivity index (χ1n) is 4.51. The van der Waals surface area contributed by atoms with Crippen molar-refractivity contribution in [3.63, 3.8) is 0 Å². The second kappa shape index (κ2) is 3.40. The molecule has 0 aliphatic heterocycles. The summed E-state index contributed by atoms with van der Waals surface area (Å²) in [4.78, 5) is 0. The maximum atomic E-state index is 3.61. The average molecular weight is 153 g/mol. The van der Waals surface area contributed by atoms with Crippen molar-refractivity contribution < 1.29 is 0 Å². The third-order valence-electron chi connectivity index (χ3n) is 1.91. The summed E-state index contributed by atoms with van der Waals surface area (Å²) in [7, 11) is 0. The largest absolute Gasteiger partial charge is 0.309 e. The maximum absolute atomic E-state index is 3.61. The lowest BCUT2D eigenvalue weighted by Gasteiger charge is -2.29. The summed E-state index contributed by atoms with van der Waals surface area (Å²) < 4.78 is 0. The van der Waals surface area contributed by atoms with Crippen LogP contribution in [0.15, 0.2) is 12.2 Å². The summed E-state index contributed by atoms with van der Waals surface area (Å²) in [6, 6.07) is 0.708.